The predicted molar refractivity (Wildman–Crippen MR) is 75.7 cm³/mol. The molecule has 2 aromatic heterocycles. The molecule has 0 unspecified atom stereocenters. The van der Waals surface area contributed by atoms with E-state index in [1.54, 1.807) is 17.2 Å². The van der Waals surface area contributed by atoms with Crippen LogP contribution in [0.1, 0.15) is 5.56 Å². The second-order valence-corrected chi connectivity index (χ2v) is 4.77. The van der Waals surface area contributed by atoms with Crippen LogP contribution in [0.2, 0.25) is 0 Å². The summed E-state index contributed by atoms with van der Waals surface area (Å²) in [5.41, 5.74) is 2.16. The number of amidine groups is 1. The van der Waals surface area contributed by atoms with E-state index in [0.717, 1.165) is 22.9 Å². The van der Waals surface area contributed by atoms with Crippen molar-refractivity contribution in [2.75, 3.05) is 16.8 Å². The summed E-state index contributed by atoms with van der Waals surface area (Å²) in [5, 5.41) is 11.8. The molecule has 0 aliphatic carbocycles. The van der Waals surface area contributed by atoms with Crippen LogP contribution in [0.4, 0.5) is 5.82 Å². The van der Waals surface area contributed by atoms with Gasteiger partial charge in [-0.25, -0.2) is 9.98 Å². The zero-order valence-electron chi connectivity index (χ0n) is 10.9. The quantitative estimate of drug-likeness (QED) is 0.650. The predicted octanol–water partition coefficient (Wildman–Crippen LogP) is 0.555. The summed E-state index contributed by atoms with van der Waals surface area (Å²) in [6.07, 6.45) is 7.07. The Balaban J connectivity index is 1.74. The molecule has 102 valence electrons. The molecule has 2 aliphatic rings. The van der Waals surface area contributed by atoms with Crippen LogP contribution in [-0.4, -0.2) is 37.2 Å². The molecule has 0 fully saturated rings. The molecule has 0 saturated heterocycles. The largest absolute Gasteiger partial charge is 0.283 e. The summed E-state index contributed by atoms with van der Waals surface area (Å²) in [6, 6.07) is 8.16. The van der Waals surface area contributed by atoms with E-state index in [2.05, 4.69) is 32.4 Å². The monoisotopic (exact) mass is 278 g/mol. The zero-order valence-corrected chi connectivity index (χ0v) is 10.9. The van der Waals surface area contributed by atoms with Gasteiger partial charge >= 0.3 is 0 Å². The molecule has 0 N–H and O–H groups in total. The summed E-state index contributed by atoms with van der Waals surface area (Å²) in [6.45, 7) is 0.484. The number of imidazole rings is 1. The second kappa shape index (κ2) is 3.69. The Bertz CT molecular complexity index is 847. The molecular formula is C13H10N8. The topological polar surface area (TPSA) is 67.4 Å². The number of hydrazine groups is 1. The van der Waals surface area contributed by atoms with Gasteiger partial charge < -0.3 is 0 Å². The molecule has 4 heterocycles. The highest BCUT2D eigenvalue weighted by atomic mass is 15.9. The summed E-state index contributed by atoms with van der Waals surface area (Å²) in [5.74, 6) is 1.83. The third-order valence-electron chi connectivity index (χ3n) is 3.67. The molecule has 1 aromatic carbocycles. The first-order valence-electron chi connectivity index (χ1n) is 6.54. The molecule has 0 saturated carbocycles. The number of hydrogen-bond donors (Lipinski definition) is 0. The lowest BCUT2D eigenvalue weighted by Gasteiger charge is -2.34. The van der Waals surface area contributed by atoms with Crippen LogP contribution >= 0.6 is 0 Å². The third kappa shape index (κ3) is 1.28. The Morgan fingerprint density at radius 1 is 1.14 bits per heavy atom. The number of anilines is 1. The fourth-order valence-corrected chi connectivity index (χ4v) is 2.78. The number of rotatable bonds is 1. The summed E-state index contributed by atoms with van der Waals surface area (Å²) in [7, 11) is 0. The van der Waals surface area contributed by atoms with Crippen LogP contribution in [0.3, 0.4) is 0 Å². The van der Waals surface area contributed by atoms with Crippen molar-refractivity contribution in [3.63, 3.8) is 0 Å². The molecule has 3 aromatic rings. The molecule has 0 spiro atoms. The average Bonchev–Trinajstić information content (AvgIpc) is 3.25. The maximum Gasteiger partial charge on any atom is 0.162 e. The van der Waals surface area contributed by atoms with Gasteiger partial charge in [0.2, 0.25) is 0 Å². The normalized spacial score (nSPS) is 15.5. The van der Waals surface area contributed by atoms with E-state index in [9.17, 15) is 0 Å². The van der Waals surface area contributed by atoms with E-state index in [0.29, 0.717) is 6.67 Å². The molecular weight excluding hydrogens is 268 g/mol. The molecule has 0 bridgehead atoms. The van der Waals surface area contributed by atoms with Crippen LogP contribution in [0.15, 0.2) is 54.2 Å². The maximum atomic E-state index is 4.65. The van der Waals surface area contributed by atoms with Gasteiger partial charge in [0.05, 0.1) is 24.3 Å². The van der Waals surface area contributed by atoms with E-state index in [1.807, 2.05) is 39.4 Å². The lowest BCUT2D eigenvalue weighted by atomic mass is 10.1. The van der Waals surface area contributed by atoms with Crippen molar-refractivity contribution in [1.82, 2.24) is 24.7 Å². The van der Waals surface area contributed by atoms with Crippen molar-refractivity contribution < 1.29 is 0 Å². The molecule has 8 nitrogen and oxygen atoms in total. The molecule has 0 amide bonds. The molecule has 0 atom stereocenters. The van der Waals surface area contributed by atoms with Gasteiger partial charge in [-0.2, -0.15) is 10.1 Å². The van der Waals surface area contributed by atoms with Crippen LogP contribution in [0.25, 0.3) is 5.69 Å². The second-order valence-electron chi connectivity index (χ2n) is 4.77. The number of aromatic nitrogens is 5. The van der Waals surface area contributed by atoms with Gasteiger partial charge in [0.25, 0.3) is 0 Å². The van der Waals surface area contributed by atoms with Crippen molar-refractivity contribution in [3.05, 3.63) is 54.7 Å². The van der Waals surface area contributed by atoms with Gasteiger partial charge in [0.1, 0.15) is 6.33 Å². The first kappa shape index (κ1) is 10.6. The highest BCUT2D eigenvalue weighted by Crippen LogP contribution is 2.33. The van der Waals surface area contributed by atoms with Gasteiger partial charge in [0.15, 0.2) is 18.3 Å². The van der Waals surface area contributed by atoms with E-state index in [1.165, 1.54) is 0 Å². The summed E-state index contributed by atoms with van der Waals surface area (Å²) in [4.78, 5) is 10.6. The van der Waals surface area contributed by atoms with Crippen molar-refractivity contribution in [2.45, 2.75) is 0 Å². The standard InChI is InChI=1S/C13H10N8/c1-2-4-11-10(3-1)13-15-9-20(19-6-5-16-17-19)21(13)12-7-14-8-18(11)12/h1-8H,9H2. The van der Waals surface area contributed by atoms with Gasteiger partial charge in [-0.1, -0.05) is 12.1 Å². The zero-order chi connectivity index (χ0) is 13.8. The summed E-state index contributed by atoms with van der Waals surface area (Å²) >= 11 is 0. The Kier molecular flexibility index (Phi) is 1.86. The highest BCUT2D eigenvalue weighted by molar-refractivity contribution is 6.15. The minimum atomic E-state index is 0.484. The maximum absolute atomic E-state index is 4.65. The number of para-hydroxylation sites is 1. The van der Waals surface area contributed by atoms with Gasteiger partial charge in [0, 0.05) is 5.56 Å². The lowest BCUT2D eigenvalue weighted by molar-refractivity contribution is 0.544. The SMILES string of the molecule is c1ccc2c(c1)C1=NCN(n3ccnn3)N1c1cncn1-2. The molecule has 8 heteroatoms. The van der Waals surface area contributed by atoms with Crippen LogP contribution in [0.5, 0.6) is 0 Å². The van der Waals surface area contributed by atoms with Crippen molar-refractivity contribution in [1.29, 1.82) is 0 Å². The Hall–Kier alpha value is -3.16. The first-order valence-corrected chi connectivity index (χ1v) is 6.54. The van der Waals surface area contributed by atoms with E-state index < -0.39 is 0 Å². The minimum Gasteiger partial charge on any atom is -0.283 e. The molecule has 5 rings (SSSR count). The Morgan fingerprint density at radius 3 is 3.00 bits per heavy atom. The summed E-state index contributed by atoms with van der Waals surface area (Å²) < 4.78 is 2.05. The highest BCUT2D eigenvalue weighted by Gasteiger charge is 2.36. The fourth-order valence-electron chi connectivity index (χ4n) is 2.78. The van der Waals surface area contributed by atoms with Gasteiger partial charge in [-0.15, -0.1) is 9.89 Å². The van der Waals surface area contributed by atoms with Gasteiger partial charge in [-0.05, 0) is 17.3 Å². The lowest BCUT2D eigenvalue weighted by Crippen LogP contribution is -2.51. The van der Waals surface area contributed by atoms with E-state index in [4.69, 9.17) is 0 Å². The number of hydrogen-bond acceptors (Lipinski definition) is 6. The minimum absolute atomic E-state index is 0.484. The average molecular weight is 278 g/mol. The van der Waals surface area contributed by atoms with Crippen molar-refractivity contribution >= 4 is 11.7 Å². The molecule has 21 heavy (non-hydrogen) atoms. The van der Waals surface area contributed by atoms with E-state index >= 15 is 0 Å². The number of benzene rings is 1. The van der Waals surface area contributed by atoms with Crippen molar-refractivity contribution in [3.8, 4) is 5.69 Å². The fraction of sp³-hybridized carbons (Fsp3) is 0.0769. The van der Waals surface area contributed by atoms with Crippen molar-refractivity contribution in [2.24, 2.45) is 4.99 Å². The van der Waals surface area contributed by atoms with Crippen LogP contribution in [-0.2, 0) is 0 Å². The van der Waals surface area contributed by atoms with Gasteiger partial charge in [-0.3, -0.25) is 4.57 Å². The number of fused-ring (bicyclic) bond motifs is 6. The smallest absolute Gasteiger partial charge is 0.162 e. The van der Waals surface area contributed by atoms with E-state index in [-0.39, 0.29) is 0 Å². The van der Waals surface area contributed by atoms with Crippen LogP contribution in [0, 0.1) is 0 Å². The molecule has 0 radical (unpaired) electrons. The first-order chi connectivity index (χ1) is 10.4. The number of nitrogens with zero attached hydrogens (tertiary/aromatic N) is 8. The third-order valence-corrected chi connectivity index (χ3v) is 3.67. The Morgan fingerprint density at radius 2 is 2.10 bits per heavy atom. The molecule has 2 aliphatic heterocycles. The Labute approximate surface area is 119 Å². The van der Waals surface area contributed by atoms with Crippen LogP contribution < -0.4 is 10.1 Å². The number of aliphatic imine (C=N–C) groups is 1.